The van der Waals surface area contributed by atoms with Crippen LogP contribution in [0.2, 0.25) is 5.02 Å². The van der Waals surface area contributed by atoms with E-state index in [0.29, 0.717) is 17.3 Å². The molecule has 6 nitrogen and oxygen atoms in total. The van der Waals surface area contributed by atoms with E-state index in [1.807, 2.05) is 29.2 Å². The van der Waals surface area contributed by atoms with Crippen LogP contribution in [0.4, 0.5) is 0 Å². The predicted octanol–water partition coefficient (Wildman–Crippen LogP) is 3.50. The normalized spacial score (nSPS) is 17.0. The van der Waals surface area contributed by atoms with Gasteiger partial charge in [0.25, 0.3) is 5.91 Å². The summed E-state index contributed by atoms with van der Waals surface area (Å²) in [6.45, 7) is 0.689. The molecular formula is C18H16ClN5O. The van der Waals surface area contributed by atoms with Crippen LogP contribution in [0, 0.1) is 0 Å². The largest absolute Gasteiger partial charge is 0.329 e. The summed E-state index contributed by atoms with van der Waals surface area (Å²) in [5.74, 6) is -0.109. The quantitative estimate of drug-likeness (QED) is 0.782. The summed E-state index contributed by atoms with van der Waals surface area (Å²) in [5.41, 5.74) is 3.23. The van der Waals surface area contributed by atoms with Gasteiger partial charge in [0.2, 0.25) is 0 Å². The molecular weight excluding hydrogens is 338 g/mol. The Hall–Kier alpha value is -2.73. The highest BCUT2D eigenvalue weighted by molar-refractivity contribution is 6.30. The minimum atomic E-state index is -0.109. The maximum Gasteiger partial charge on any atom is 0.274 e. The number of carbonyl (C=O) groups is 1. The third-order valence-electron chi connectivity index (χ3n) is 4.43. The molecule has 0 aliphatic carbocycles. The molecule has 1 aliphatic heterocycles. The lowest BCUT2D eigenvalue weighted by Crippen LogP contribution is -2.31. The topological polar surface area (TPSA) is 74.8 Å². The molecule has 0 radical (unpaired) electrons. The maximum absolute atomic E-state index is 12.8. The number of aromatic nitrogens is 4. The number of rotatable bonds is 3. The molecule has 2 aromatic heterocycles. The van der Waals surface area contributed by atoms with Gasteiger partial charge in [-0.05, 0) is 30.5 Å². The summed E-state index contributed by atoms with van der Waals surface area (Å²) in [6, 6.07) is 7.57. The zero-order valence-electron chi connectivity index (χ0n) is 13.4. The monoisotopic (exact) mass is 353 g/mol. The Morgan fingerprint density at radius 1 is 1.28 bits per heavy atom. The molecule has 1 atom stereocenters. The van der Waals surface area contributed by atoms with E-state index in [2.05, 4.69) is 20.2 Å². The number of amides is 1. The lowest BCUT2D eigenvalue weighted by Gasteiger charge is -2.24. The molecule has 3 heterocycles. The van der Waals surface area contributed by atoms with Crippen LogP contribution in [-0.4, -0.2) is 37.5 Å². The second kappa shape index (κ2) is 6.64. The molecule has 1 aromatic carbocycles. The molecule has 1 amide bonds. The fraction of sp³-hybridized carbons (Fsp3) is 0.222. The molecule has 0 saturated carbocycles. The molecule has 1 N–H and O–H groups in total. The summed E-state index contributed by atoms with van der Waals surface area (Å²) in [5, 5.41) is 7.95. The first kappa shape index (κ1) is 15.8. The highest BCUT2D eigenvalue weighted by Gasteiger charge is 2.33. The number of halogens is 1. The van der Waals surface area contributed by atoms with Gasteiger partial charge < -0.3 is 4.90 Å². The number of hydrogen-bond acceptors (Lipinski definition) is 4. The van der Waals surface area contributed by atoms with Crippen molar-refractivity contribution in [3.8, 4) is 11.1 Å². The van der Waals surface area contributed by atoms with Crippen molar-refractivity contribution in [1.82, 2.24) is 25.1 Å². The van der Waals surface area contributed by atoms with Gasteiger partial charge in [0, 0.05) is 29.5 Å². The van der Waals surface area contributed by atoms with E-state index >= 15 is 0 Å². The van der Waals surface area contributed by atoms with Gasteiger partial charge in [0.05, 0.1) is 24.1 Å². The molecule has 1 fully saturated rings. The van der Waals surface area contributed by atoms with Crippen LogP contribution in [0.1, 0.15) is 35.1 Å². The van der Waals surface area contributed by atoms with E-state index in [4.69, 9.17) is 11.6 Å². The van der Waals surface area contributed by atoms with Gasteiger partial charge in [-0.3, -0.25) is 14.9 Å². The third-order valence-corrected chi connectivity index (χ3v) is 4.67. The first-order valence-corrected chi connectivity index (χ1v) is 8.48. The summed E-state index contributed by atoms with van der Waals surface area (Å²) >= 11 is 6.12. The van der Waals surface area contributed by atoms with Crippen LogP contribution in [-0.2, 0) is 0 Å². The number of hydrogen-bond donors (Lipinski definition) is 1. The molecule has 1 saturated heterocycles. The predicted molar refractivity (Wildman–Crippen MR) is 94.1 cm³/mol. The second-order valence-electron chi connectivity index (χ2n) is 5.95. The summed E-state index contributed by atoms with van der Waals surface area (Å²) in [7, 11) is 0. The smallest absolute Gasteiger partial charge is 0.274 e. The SMILES string of the molecule is O=C(c1cnccn1)N1CCCC1c1[nH]ncc1-c1cccc(Cl)c1. The van der Waals surface area contributed by atoms with E-state index in [9.17, 15) is 4.79 Å². The van der Waals surface area contributed by atoms with Crippen LogP contribution >= 0.6 is 11.6 Å². The molecule has 126 valence electrons. The van der Waals surface area contributed by atoms with Crippen molar-refractivity contribution < 1.29 is 4.79 Å². The van der Waals surface area contributed by atoms with Gasteiger partial charge in [0.15, 0.2) is 0 Å². The van der Waals surface area contributed by atoms with Crippen LogP contribution in [0.15, 0.2) is 49.1 Å². The van der Waals surface area contributed by atoms with Gasteiger partial charge in [-0.15, -0.1) is 0 Å². The molecule has 7 heteroatoms. The lowest BCUT2D eigenvalue weighted by atomic mass is 10.0. The molecule has 4 rings (SSSR count). The Labute approximate surface area is 149 Å². The van der Waals surface area contributed by atoms with E-state index in [-0.39, 0.29) is 11.9 Å². The Morgan fingerprint density at radius 2 is 2.20 bits per heavy atom. The highest BCUT2D eigenvalue weighted by Crippen LogP contribution is 2.37. The number of nitrogens with zero attached hydrogens (tertiary/aromatic N) is 4. The summed E-state index contributed by atoms with van der Waals surface area (Å²) in [6.07, 6.45) is 8.19. The van der Waals surface area contributed by atoms with Crippen molar-refractivity contribution in [2.24, 2.45) is 0 Å². The van der Waals surface area contributed by atoms with Crippen molar-refractivity contribution in [2.75, 3.05) is 6.54 Å². The Bertz CT molecular complexity index is 895. The molecule has 1 unspecified atom stereocenters. The van der Waals surface area contributed by atoms with Gasteiger partial charge in [-0.1, -0.05) is 23.7 Å². The van der Waals surface area contributed by atoms with Crippen molar-refractivity contribution >= 4 is 17.5 Å². The van der Waals surface area contributed by atoms with Gasteiger partial charge in [0.1, 0.15) is 5.69 Å². The first-order valence-electron chi connectivity index (χ1n) is 8.10. The van der Waals surface area contributed by atoms with Crippen molar-refractivity contribution in [2.45, 2.75) is 18.9 Å². The third kappa shape index (κ3) is 3.00. The number of H-pyrrole nitrogens is 1. The average Bonchev–Trinajstić information content (AvgIpc) is 3.30. The van der Waals surface area contributed by atoms with Crippen molar-refractivity contribution in [3.63, 3.8) is 0 Å². The van der Waals surface area contributed by atoms with Crippen LogP contribution < -0.4 is 0 Å². The van der Waals surface area contributed by atoms with E-state index in [0.717, 1.165) is 29.7 Å². The molecule has 1 aliphatic rings. The van der Waals surface area contributed by atoms with Crippen molar-refractivity contribution in [3.05, 3.63) is 65.5 Å². The van der Waals surface area contributed by atoms with Crippen LogP contribution in [0.3, 0.4) is 0 Å². The van der Waals surface area contributed by atoms with Gasteiger partial charge >= 0.3 is 0 Å². The molecule has 0 spiro atoms. The molecule has 3 aromatic rings. The number of nitrogens with one attached hydrogen (secondary N) is 1. The molecule has 0 bridgehead atoms. The highest BCUT2D eigenvalue weighted by atomic mass is 35.5. The number of aromatic amines is 1. The zero-order valence-corrected chi connectivity index (χ0v) is 14.1. The average molecular weight is 354 g/mol. The van der Waals surface area contributed by atoms with E-state index in [1.54, 1.807) is 12.4 Å². The number of carbonyl (C=O) groups excluding carboxylic acids is 1. The summed E-state index contributed by atoms with van der Waals surface area (Å²) < 4.78 is 0. The minimum Gasteiger partial charge on any atom is -0.329 e. The van der Waals surface area contributed by atoms with Crippen LogP contribution in [0.5, 0.6) is 0 Å². The standard InChI is InChI=1S/C18H16ClN5O/c19-13-4-1-3-12(9-13)14-10-22-23-17(14)16-5-2-8-24(16)18(25)15-11-20-6-7-21-15/h1,3-4,6-7,9-11,16H,2,5,8H2,(H,22,23). The lowest BCUT2D eigenvalue weighted by molar-refractivity contribution is 0.0727. The Morgan fingerprint density at radius 3 is 3.00 bits per heavy atom. The maximum atomic E-state index is 12.8. The van der Waals surface area contributed by atoms with E-state index < -0.39 is 0 Å². The first-order chi connectivity index (χ1) is 12.2. The number of likely N-dealkylation sites (tertiary alicyclic amines) is 1. The van der Waals surface area contributed by atoms with E-state index in [1.165, 1.54) is 12.4 Å². The second-order valence-corrected chi connectivity index (χ2v) is 6.39. The van der Waals surface area contributed by atoms with Gasteiger partial charge in [-0.2, -0.15) is 5.10 Å². The fourth-order valence-electron chi connectivity index (χ4n) is 3.30. The van der Waals surface area contributed by atoms with Gasteiger partial charge in [-0.25, -0.2) is 4.98 Å². The number of benzene rings is 1. The Balaban J connectivity index is 1.68. The zero-order chi connectivity index (χ0) is 17.2. The van der Waals surface area contributed by atoms with Crippen LogP contribution in [0.25, 0.3) is 11.1 Å². The minimum absolute atomic E-state index is 0.0639. The summed E-state index contributed by atoms with van der Waals surface area (Å²) in [4.78, 5) is 22.8. The Kier molecular flexibility index (Phi) is 4.19. The molecule has 25 heavy (non-hydrogen) atoms. The van der Waals surface area contributed by atoms with Crippen molar-refractivity contribution in [1.29, 1.82) is 0 Å². The fourth-order valence-corrected chi connectivity index (χ4v) is 3.49.